The third kappa shape index (κ3) is 2.58. The van der Waals surface area contributed by atoms with E-state index in [2.05, 4.69) is 20.9 Å². The van der Waals surface area contributed by atoms with Gasteiger partial charge >= 0.3 is 0 Å². The normalized spacial score (nSPS) is 12.8. The molecule has 3 rings (SSSR count). The zero-order valence-electron chi connectivity index (χ0n) is 11.6. The predicted octanol–water partition coefficient (Wildman–Crippen LogP) is 5.54. The Morgan fingerprint density at radius 3 is 2.67 bits per heavy atom. The van der Waals surface area contributed by atoms with Gasteiger partial charge in [0.25, 0.3) is 0 Å². The zero-order valence-corrected chi connectivity index (χ0v) is 13.9. The molecule has 2 nitrogen and oxygen atoms in total. The predicted molar refractivity (Wildman–Crippen MR) is 87.7 cm³/mol. The van der Waals surface area contributed by atoms with Crippen LogP contribution in [0.3, 0.4) is 0 Å². The first-order chi connectivity index (χ1) is 9.97. The molecule has 1 unspecified atom stereocenters. The SMILES string of the molecule is Cc1cc(-n2c(C(C)Cl)nc3ccc(F)cc32)ccc1Br. The quantitative estimate of drug-likeness (QED) is 0.544. The van der Waals surface area contributed by atoms with Crippen LogP contribution < -0.4 is 0 Å². The van der Waals surface area contributed by atoms with E-state index >= 15 is 0 Å². The van der Waals surface area contributed by atoms with Crippen molar-refractivity contribution in [1.82, 2.24) is 9.55 Å². The number of hydrogen-bond acceptors (Lipinski definition) is 1. The van der Waals surface area contributed by atoms with E-state index in [-0.39, 0.29) is 11.2 Å². The molecule has 0 aliphatic carbocycles. The summed E-state index contributed by atoms with van der Waals surface area (Å²) in [6.07, 6.45) is 0. The van der Waals surface area contributed by atoms with Gasteiger partial charge in [-0.15, -0.1) is 11.6 Å². The molecular formula is C16H13BrClFN2. The Balaban J connectivity index is 2.35. The molecule has 3 aromatic rings. The van der Waals surface area contributed by atoms with Gasteiger partial charge < -0.3 is 0 Å². The highest BCUT2D eigenvalue weighted by Gasteiger charge is 2.17. The maximum absolute atomic E-state index is 13.6. The van der Waals surface area contributed by atoms with Gasteiger partial charge in [-0.05, 0) is 49.7 Å². The molecular weight excluding hydrogens is 355 g/mol. The van der Waals surface area contributed by atoms with Gasteiger partial charge in [-0.1, -0.05) is 15.9 Å². The van der Waals surface area contributed by atoms with E-state index in [0.717, 1.165) is 26.8 Å². The van der Waals surface area contributed by atoms with Crippen LogP contribution >= 0.6 is 27.5 Å². The second kappa shape index (κ2) is 5.43. The molecule has 2 aromatic carbocycles. The van der Waals surface area contributed by atoms with Gasteiger partial charge in [-0.2, -0.15) is 0 Å². The first-order valence-electron chi connectivity index (χ1n) is 6.56. The molecule has 0 amide bonds. The minimum Gasteiger partial charge on any atom is -0.295 e. The number of imidazole rings is 1. The minimum absolute atomic E-state index is 0.274. The van der Waals surface area contributed by atoms with Crippen LogP contribution in [-0.4, -0.2) is 9.55 Å². The summed E-state index contributed by atoms with van der Waals surface area (Å²) >= 11 is 9.74. The molecule has 1 heterocycles. The minimum atomic E-state index is -0.286. The van der Waals surface area contributed by atoms with Crippen molar-refractivity contribution in [3.05, 3.63) is 58.1 Å². The molecule has 0 aliphatic heterocycles. The molecule has 0 saturated carbocycles. The number of hydrogen-bond donors (Lipinski definition) is 0. The number of rotatable bonds is 2. The van der Waals surface area contributed by atoms with Crippen molar-refractivity contribution in [3.8, 4) is 5.69 Å². The lowest BCUT2D eigenvalue weighted by molar-refractivity contribution is 0.629. The second-order valence-corrected chi connectivity index (χ2v) is 6.50. The second-order valence-electron chi connectivity index (χ2n) is 4.99. The van der Waals surface area contributed by atoms with Crippen molar-refractivity contribution >= 4 is 38.6 Å². The van der Waals surface area contributed by atoms with Gasteiger partial charge in [0.15, 0.2) is 0 Å². The average molecular weight is 368 g/mol. The third-order valence-corrected chi connectivity index (χ3v) is 4.48. The fraction of sp³-hybridized carbons (Fsp3) is 0.188. The van der Waals surface area contributed by atoms with Gasteiger partial charge in [-0.25, -0.2) is 9.37 Å². The van der Waals surface area contributed by atoms with Crippen LogP contribution in [0.1, 0.15) is 23.7 Å². The van der Waals surface area contributed by atoms with Crippen molar-refractivity contribution in [2.45, 2.75) is 19.2 Å². The lowest BCUT2D eigenvalue weighted by Gasteiger charge is -2.12. The molecule has 1 aromatic heterocycles. The fourth-order valence-corrected chi connectivity index (χ4v) is 2.77. The van der Waals surface area contributed by atoms with Gasteiger partial charge in [0.1, 0.15) is 11.6 Å². The molecule has 0 aliphatic rings. The van der Waals surface area contributed by atoms with E-state index in [4.69, 9.17) is 11.6 Å². The molecule has 108 valence electrons. The number of benzene rings is 2. The summed E-state index contributed by atoms with van der Waals surface area (Å²) in [7, 11) is 0. The van der Waals surface area contributed by atoms with E-state index in [1.165, 1.54) is 12.1 Å². The van der Waals surface area contributed by atoms with Crippen LogP contribution in [0.5, 0.6) is 0 Å². The molecule has 1 atom stereocenters. The van der Waals surface area contributed by atoms with Crippen molar-refractivity contribution in [3.63, 3.8) is 0 Å². The van der Waals surface area contributed by atoms with E-state index in [1.807, 2.05) is 36.6 Å². The number of alkyl halides is 1. The van der Waals surface area contributed by atoms with Crippen molar-refractivity contribution < 1.29 is 4.39 Å². The summed E-state index contributed by atoms with van der Waals surface area (Å²) in [5.41, 5.74) is 3.48. The van der Waals surface area contributed by atoms with Crippen LogP contribution in [0.4, 0.5) is 4.39 Å². The summed E-state index contributed by atoms with van der Waals surface area (Å²) in [4.78, 5) is 4.53. The highest BCUT2D eigenvalue weighted by Crippen LogP contribution is 2.30. The summed E-state index contributed by atoms with van der Waals surface area (Å²) in [6, 6.07) is 10.5. The number of fused-ring (bicyclic) bond motifs is 1. The van der Waals surface area contributed by atoms with E-state index in [1.54, 1.807) is 6.07 Å². The Kier molecular flexibility index (Phi) is 3.76. The van der Waals surface area contributed by atoms with Crippen LogP contribution in [0.25, 0.3) is 16.7 Å². The average Bonchev–Trinajstić information content (AvgIpc) is 2.80. The summed E-state index contributed by atoms with van der Waals surface area (Å²) in [5, 5.41) is -0.274. The molecule has 0 N–H and O–H groups in total. The molecule has 5 heteroatoms. The number of nitrogens with zero attached hydrogens (tertiary/aromatic N) is 2. The van der Waals surface area contributed by atoms with Crippen molar-refractivity contribution in [2.75, 3.05) is 0 Å². The highest BCUT2D eigenvalue weighted by molar-refractivity contribution is 9.10. The first-order valence-corrected chi connectivity index (χ1v) is 7.79. The molecule has 21 heavy (non-hydrogen) atoms. The van der Waals surface area contributed by atoms with Crippen LogP contribution in [-0.2, 0) is 0 Å². The van der Waals surface area contributed by atoms with Crippen molar-refractivity contribution in [1.29, 1.82) is 0 Å². The lowest BCUT2D eigenvalue weighted by Crippen LogP contribution is -2.02. The summed E-state index contributed by atoms with van der Waals surface area (Å²) in [6.45, 7) is 3.87. The standard InChI is InChI=1S/C16H13BrClFN2/c1-9-7-12(4-5-13(9)17)21-15-8-11(19)3-6-14(15)20-16(21)10(2)18/h3-8,10H,1-2H3. The Morgan fingerprint density at radius 1 is 1.24 bits per heavy atom. The Morgan fingerprint density at radius 2 is 2.00 bits per heavy atom. The fourth-order valence-electron chi connectivity index (χ4n) is 2.37. The molecule has 0 radical (unpaired) electrons. The van der Waals surface area contributed by atoms with E-state index < -0.39 is 0 Å². The monoisotopic (exact) mass is 366 g/mol. The zero-order chi connectivity index (χ0) is 15.1. The number of halogens is 3. The van der Waals surface area contributed by atoms with Gasteiger partial charge in [0.05, 0.1) is 16.4 Å². The maximum Gasteiger partial charge on any atom is 0.132 e. The highest BCUT2D eigenvalue weighted by atomic mass is 79.9. The smallest absolute Gasteiger partial charge is 0.132 e. The summed E-state index contributed by atoms with van der Waals surface area (Å²) < 4.78 is 16.5. The molecule has 0 fully saturated rings. The van der Waals surface area contributed by atoms with Gasteiger partial charge in [0.2, 0.25) is 0 Å². The Bertz CT molecular complexity index is 827. The molecule has 0 spiro atoms. The largest absolute Gasteiger partial charge is 0.295 e. The molecule has 0 saturated heterocycles. The van der Waals surface area contributed by atoms with Crippen molar-refractivity contribution in [2.24, 2.45) is 0 Å². The Hall–Kier alpha value is -1.39. The topological polar surface area (TPSA) is 17.8 Å². The van der Waals surface area contributed by atoms with E-state index in [0.29, 0.717) is 5.82 Å². The van der Waals surface area contributed by atoms with Crippen LogP contribution in [0, 0.1) is 12.7 Å². The summed E-state index contributed by atoms with van der Waals surface area (Å²) in [5.74, 6) is 0.422. The Labute approximate surface area is 135 Å². The number of aromatic nitrogens is 2. The maximum atomic E-state index is 13.6. The lowest BCUT2D eigenvalue weighted by atomic mass is 10.2. The van der Waals surface area contributed by atoms with Gasteiger partial charge in [-0.3, -0.25) is 4.57 Å². The first kappa shape index (κ1) is 14.5. The van der Waals surface area contributed by atoms with E-state index in [9.17, 15) is 4.39 Å². The molecule has 0 bridgehead atoms. The van der Waals surface area contributed by atoms with Crippen LogP contribution in [0.2, 0.25) is 0 Å². The van der Waals surface area contributed by atoms with Gasteiger partial charge in [0, 0.05) is 16.2 Å². The third-order valence-electron chi connectivity index (χ3n) is 3.40. The van der Waals surface area contributed by atoms with Crippen LogP contribution in [0.15, 0.2) is 40.9 Å². The number of aryl methyl sites for hydroxylation is 1.